The lowest BCUT2D eigenvalue weighted by Crippen LogP contribution is -2.53. The molecule has 0 spiro atoms. The van der Waals surface area contributed by atoms with Crippen LogP contribution in [0.15, 0.2) is 0 Å². The first-order valence-corrected chi connectivity index (χ1v) is 10.00. The van der Waals surface area contributed by atoms with Crippen molar-refractivity contribution < 1.29 is 9.59 Å². The zero-order valence-corrected chi connectivity index (χ0v) is 16.2. The summed E-state index contributed by atoms with van der Waals surface area (Å²) >= 11 is 0. The van der Waals surface area contributed by atoms with Gasteiger partial charge in [-0.05, 0) is 24.7 Å². The van der Waals surface area contributed by atoms with Crippen LogP contribution in [0.25, 0.3) is 0 Å². The molecule has 0 aromatic carbocycles. The maximum absolute atomic E-state index is 12.4. The van der Waals surface area contributed by atoms with Gasteiger partial charge in [0.05, 0.1) is 13.1 Å². The van der Waals surface area contributed by atoms with Gasteiger partial charge in [0.2, 0.25) is 11.8 Å². The maximum Gasteiger partial charge on any atom is 0.234 e. The van der Waals surface area contributed by atoms with E-state index in [9.17, 15) is 9.59 Å². The third-order valence-electron chi connectivity index (χ3n) is 5.82. The van der Waals surface area contributed by atoms with Gasteiger partial charge in [-0.1, -0.05) is 33.6 Å². The van der Waals surface area contributed by atoms with Crippen LogP contribution in [0, 0.1) is 11.8 Å². The van der Waals surface area contributed by atoms with Crippen LogP contribution in [0.2, 0.25) is 0 Å². The third kappa shape index (κ3) is 6.59. The van der Waals surface area contributed by atoms with E-state index in [0.29, 0.717) is 31.0 Å². The molecule has 144 valence electrons. The molecule has 2 aliphatic rings. The largest absolute Gasteiger partial charge is 0.355 e. The Labute approximate surface area is 152 Å². The van der Waals surface area contributed by atoms with E-state index >= 15 is 0 Å². The summed E-state index contributed by atoms with van der Waals surface area (Å²) in [4.78, 5) is 28.5. The van der Waals surface area contributed by atoms with Crippen molar-refractivity contribution in [1.29, 1.82) is 0 Å². The minimum atomic E-state index is 0.105. The second kappa shape index (κ2) is 10.1. The van der Waals surface area contributed by atoms with Crippen molar-refractivity contribution >= 4 is 11.8 Å². The van der Waals surface area contributed by atoms with Gasteiger partial charge in [-0.2, -0.15) is 0 Å². The predicted molar refractivity (Wildman–Crippen MR) is 100 cm³/mol. The summed E-state index contributed by atoms with van der Waals surface area (Å²) in [5, 5.41) is 6.17. The highest BCUT2D eigenvalue weighted by molar-refractivity contribution is 5.78. The van der Waals surface area contributed by atoms with E-state index in [1.165, 1.54) is 12.8 Å². The summed E-state index contributed by atoms with van der Waals surface area (Å²) in [6.45, 7) is 11.7. The molecule has 0 aromatic rings. The van der Waals surface area contributed by atoms with Crippen molar-refractivity contribution in [3.8, 4) is 0 Å². The van der Waals surface area contributed by atoms with Gasteiger partial charge in [-0.25, -0.2) is 0 Å². The summed E-state index contributed by atoms with van der Waals surface area (Å²) < 4.78 is 0. The quantitative estimate of drug-likeness (QED) is 0.719. The molecule has 0 aromatic heterocycles. The Bertz CT molecular complexity index is 435. The van der Waals surface area contributed by atoms with E-state index < -0.39 is 0 Å². The highest BCUT2D eigenvalue weighted by Crippen LogP contribution is 2.29. The first-order valence-electron chi connectivity index (χ1n) is 10.00. The fourth-order valence-corrected chi connectivity index (χ4v) is 3.87. The fourth-order valence-electron chi connectivity index (χ4n) is 3.87. The van der Waals surface area contributed by atoms with E-state index in [1.807, 2.05) is 0 Å². The molecule has 25 heavy (non-hydrogen) atoms. The predicted octanol–water partition coefficient (Wildman–Crippen LogP) is 1.07. The smallest absolute Gasteiger partial charge is 0.234 e. The second-order valence-corrected chi connectivity index (χ2v) is 7.84. The van der Waals surface area contributed by atoms with Crippen molar-refractivity contribution in [2.45, 2.75) is 52.5 Å². The minimum absolute atomic E-state index is 0.105. The van der Waals surface area contributed by atoms with Crippen LogP contribution in [0.3, 0.4) is 0 Å². The Balaban J connectivity index is 1.65. The van der Waals surface area contributed by atoms with E-state index in [4.69, 9.17) is 0 Å². The minimum Gasteiger partial charge on any atom is -0.355 e. The van der Waals surface area contributed by atoms with Gasteiger partial charge in [0.1, 0.15) is 0 Å². The van der Waals surface area contributed by atoms with Crippen molar-refractivity contribution in [3.05, 3.63) is 0 Å². The Hall–Kier alpha value is -1.14. The molecule has 3 unspecified atom stereocenters. The topological polar surface area (TPSA) is 64.7 Å². The molecule has 2 fully saturated rings. The molecule has 1 saturated heterocycles. The number of carbonyl (C=O) groups excluding carboxylic acids is 2. The molecule has 2 amide bonds. The highest BCUT2D eigenvalue weighted by Gasteiger charge is 2.29. The Kier molecular flexibility index (Phi) is 8.16. The van der Waals surface area contributed by atoms with Crippen LogP contribution in [-0.4, -0.2) is 73.5 Å². The van der Waals surface area contributed by atoms with Crippen molar-refractivity contribution in [3.63, 3.8) is 0 Å². The van der Waals surface area contributed by atoms with Gasteiger partial charge in [0, 0.05) is 38.8 Å². The molecular weight excluding hydrogens is 316 g/mol. The number of hydrogen-bond acceptors (Lipinski definition) is 4. The number of amides is 2. The van der Waals surface area contributed by atoms with Crippen LogP contribution >= 0.6 is 0 Å². The standard InChI is InChI=1S/C19H36N4O2/c1-4-8-20-18(24)13-22-9-11-23(12-10-22)14-19(25)21-17-7-5-6-15(2)16(17)3/h15-17H,4-14H2,1-3H3,(H,20,24)(H,21,25). The van der Waals surface area contributed by atoms with E-state index in [2.05, 4.69) is 41.2 Å². The van der Waals surface area contributed by atoms with E-state index in [-0.39, 0.29) is 11.8 Å². The van der Waals surface area contributed by atoms with Crippen LogP contribution in [-0.2, 0) is 9.59 Å². The van der Waals surface area contributed by atoms with Gasteiger partial charge in [0.15, 0.2) is 0 Å². The van der Waals surface area contributed by atoms with Gasteiger partial charge in [-0.15, -0.1) is 0 Å². The third-order valence-corrected chi connectivity index (χ3v) is 5.82. The molecule has 0 bridgehead atoms. The summed E-state index contributed by atoms with van der Waals surface area (Å²) in [7, 11) is 0. The van der Waals surface area contributed by atoms with Gasteiger partial charge in [0.25, 0.3) is 0 Å². The van der Waals surface area contributed by atoms with Crippen molar-refractivity contribution in [2.24, 2.45) is 11.8 Å². The number of carbonyl (C=O) groups is 2. The highest BCUT2D eigenvalue weighted by atomic mass is 16.2. The lowest BCUT2D eigenvalue weighted by Gasteiger charge is -2.36. The first kappa shape index (κ1) is 20.2. The first-order chi connectivity index (χ1) is 12.0. The zero-order chi connectivity index (χ0) is 18.2. The normalized spacial score (nSPS) is 28.5. The maximum atomic E-state index is 12.4. The van der Waals surface area contributed by atoms with Gasteiger partial charge in [-0.3, -0.25) is 19.4 Å². The molecule has 2 N–H and O–H groups in total. The number of rotatable bonds is 7. The second-order valence-electron chi connectivity index (χ2n) is 7.84. The lowest BCUT2D eigenvalue weighted by atomic mass is 9.78. The molecule has 6 nitrogen and oxygen atoms in total. The number of piperazine rings is 1. The van der Waals surface area contributed by atoms with Crippen LogP contribution in [0.4, 0.5) is 0 Å². The van der Waals surface area contributed by atoms with Gasteiger partial charge >= 0.3 is 0 Å². The zero-order valence-electron chi connectivity index (χ0n) is 16.2. The summed E-state index contributed by atoms with van der Waals surface area (Å²) in [5.41, 5.74) is 0. The molecule has 1 aliphatic carbocycles. The van der Waals surface area contributed by atoms with Crippen molar-refractivity contribution in [2.75, 3.05) is 45.8 Å². The molecule has 0 radical (unpaired) electrons. The van der Waals surface area contributed by atoms with Crippen LogP contribution in [0.5, 0.6) is 0 Å². The van der Waals surface area contributed by atoms with Crippen molar-refractivity contribution in [1.82, 2.24) is 20.4 Å². The lowest BCUT2D eigenvalue weighted by molar-refractivity contribution is -0.125. The fraction of sp³-hybridized carbons (Fsp3) is 0.895. The summed E-state index contributed by atoms with van der Waals surface area (Å²) in [5.74, 6) is 1.52. The summed E-state index contributed by atoms with van der Waals surface area (Å²) in [6, 6.07) is 0.333. The van der Waals surface area contributed by atoms with E-state index in [1.54, 1.807) is 0 Å². The SMILES string of the molecule is CCCNC(=O)CN1CCN(CC(=O)NC2CCCC(C)C2C)CC1. The van der Waals surface area contributed by atoms with E-state index in [0.717, 1.165) is 45.6 Å². The van der Waals surface area contributed by atoms with Crippen LogP contribution < -0.4 is 10.6 Å². The average Bonchev–Trinajstić information content (AvgIpc) is 2.59. The molecule has 2 rings (SSSR count). The van der Waals surface area contributed by atoms with Crippen LogP contribution in [0.1, 0.15) is 46.5 Å². The number of nitrogens with zero attached hydrogens (tertiary/aromatic N) is 2. The Morgan fingerprint density at radius 2 is 1.56 bits per heavy atom. The molecule has 1 saturated carbocycles. The molecule has 1 aliphatic heterocycles. The molecule has 3 atom stereocenters. The van der Waals surface area contributed by atoms with Gasteiger partial charge < -0.3 is 10.6 Å². The monoisotopic (exact) mass is 352 g/mol. The Morgan fingerprint density at radius 3 is 2.16 bits per heavy atom. The summed E-state index contributed by atoms with van der Waals surface area (Å²) in [6.07, 6.45) is 4.57. The molecular formula is C19H36N4O2. The molecule has 6 heteroatoms. The number of hydrogen-bond donors (Lipinski definition) is 2. The molecule has 1 heterocycles. The number of nitrogens with one attached hydrogen (secondary N) is 2. The Morgan fingerprint density at radius 1 is 0.960 bits per heavy atom. The average molecular weight is 353 g/mol.